The third kappa shape index (κ3) is 4.45. The van der Waals surface area contributed by atoms with Crippen molar-refractivity contribution in [3.63, 3.8) is 0 Å². The number of amides is 1. The largest absolute Gasteiger partial charge is 0.495 e. The van der Waals surface area contributed by atoms with Crippen molar-refractivity contribution in [1.82, 2.24) is 10.2 Å². The molecule has 0 saturated carbocycles. The predicted molar refractivity (Wildman–Crippen MR) is 131 cm³/mol. The highest BCUT2D eigenvalue weighted by Gasteiger charge is 2.40. The molecule has 176 valence electrons. The van der Waals surface area contributed by atoms with Crippen molar-refractivity contribution in [2.24, 2.45) is 11.3 Å². The molecule has 1 aliphatic carbocycles. The molecular formula is C27H33ClN2O3. The summed E-state index contributed by atoms with van der Waals surface area (Å²) in [6, 6.07) is 12.3. The van der Waals surface area contributed by atoms with E-state index in [9.17, 15) is 4.79 Å². The van der Waals surface area contributed by atoms with Gasteiger partial charge in [-0.3, -0.25) is 4.90 Å². The van der Waals surface area contributed by atoms with Gasteiger partial charge in [0.25, 0.3) is 0 Å². The van der Waals surface area contributed by atoms with Gasteiger partial charge in [0.1, 0.15) is 11.9 Å². The fourth-order valence-corrected chi connectivity index (χ4v) is 6.02. The maximum atomic E-state index is 13.0. The predicted octanol–water partition coefficient (Wildman–Crippen LogP) is 5.85. The summed E-state index contributed by atoms with van der Waals surface area (Å²) in [6.07, 6.45) is 3.97. The van der Waals surface area contributed by atoms with Crippen molar-refractivity contribution in [2.75, 3.05) is 26.7 Å². The minimum absolute atomic E-state index is 0.0147. The summed E-state index contributed by atoms with van der Waals surface area (Å²) in [5.41, 5.74) is 4.57. The zero-order valence-electron chi connectivity index (χ0n) is 19.7. The third-order valence-electron chi connectivity index (χ3n) is 7.88. The van der Waals surface area contributed by atoms with Gasteiger partial charge < -0.3 is 14.8 Å². The lowest BCUT2D eigenvalue weighted by Crippen LogP contribution is -2.53. The maximum absolute atomic E-state index is 13.0. The number of fused-ring (bicyclic) bond motifs is 4. The molecule has 33 heavy (non-hydrogen) atoms. The number of nitrogens with zero attached hydrogens (tertiary/aromatic N) is 1. The molecule has 6 rings (SSSR count). The lowest BCUT2D eigenvalue weighted by Gasteiger charge is -2.44. The van der Waals surface area contributed by atoms with Crippen molar-refractivity contribution >= 4 is 17.7 Å². The van der Waals surface area contributed by atoms with Gasteiger partial charge in [-0.2, -0.15) is 0 Å². The summed E-state index contributed by atoms with van der Waals surface area (Å²) in [5, 5.41) is 3.84. The van der Waals surface area contributed by atoms with E-state index in [0.717, 1.165) is 56.4 Å². The van der Waals surface area contributed by atoms with E-state index in [1.54, 1.807) is 7.11 Å². The molecule has 3 heterocycles. The van der Waals surface area contributed by atoms with Gasteiger partial charge in [-0.1, -0.05) is 49.7 Å². The lowest BCUT2D eigenvalue weighted by atomic mass is 9.70. The van der Waals surface area contributed by atoms with Crippen molar-refractivity contribution in [3.05, 3.63) is 52.5 Å². The Labute approximate surface area is 201 Å². The number of benzene rings is 2. The van der Waals surface area contributed by atoms with Gasteiger partial charge in [0.2, 0.25) is 0 Å². The zero-order valence-corrected chi connectivity index (χ0v) is 20.5. The number of alkyl carbamates (subject to hydrolysis) is 1. The topological polar surface area (TPSA) is 50.8 Å². The fraction of sp³-hybridized carbons (Fsp3) is 0.519. The molecule has 1 unspecified atom stereocenters. The fourth-order valence-electron chi connectivity index (χ4n) is 5.76. The number of methoxy groups -OCH3 is 1. The Kier molecular flexibility index (Phi) is 6.04. The minimum atomic E-state index is -0.286. The average Bonchev–Trinajstić information content (AvgIpc) is 2.81. The van der Waals surface area contributed by atoms with Crippen LogP contribution in [-0.4, -0.2) is 43.8 Å². The van der Waals surface area contributed by atoms with Gasteiger partial charge in [-0.05, 0) is 84.5 Å². The molecule has 6 heteroatoms. The van der Waals surface area contributed by atoms with Crippen molar-refractivity contribution < 1.29 is 14.3 Å². The van der Waals surface area contributed by atoms with E-state index in [4.69, 9.17) is 21.1 Å². The van der Waals surface area contributed by atoms with Gasteiger partial charge in [0.15, 0.2) is 0 Å². The van der Waals surface area contributed by atoms with E-state index >= 15 is 0 Å². The number of rotatable bonds is 4. The Hall–Kier alpha value is -2.24. The van der Waals surface area contributed by atoms with E-state index in [-0.39, 0.29) is 23.7 Å². The summed E-state index contributed by atoms with van der Waals surface area (Å²) < 4.78 is 11.2. The van der Waals surface area contributed by atoms with E-state index in [1.165, 1.54) is 11.1 Å². The van der Waals surface area contributed by atoms with Crippen molar-refractivity contribution in [1.29, 1.82) is 0 Å². The van der Waals surface area contributed by atoms with E-state index < -0.39 is 0 Å². The van der Waals surface area contributed by atoms with Crippen LogP contribution in [0.2, 0.25) is 5.02 Å². The number of halogens is 1. The Morgan fingerprint density at radius 2 is 1.85 bits per heavy atom. The second kappa shape index (κ2) is 8.84. The summed E-state index contributed by atoms with van der Waals surface area (Å²) in [5.74, 6) is 1.18. The number of hydrogen-bond acceptors (Lipinski definition) is 4. The van der Waals surface area contributed by atoms with Gasteiger partial charge in [-0.15, -0.1) is 0 Å². The standard InChI is InChI=1S/C27H33ClN2O3/c1-27(2)11-8-20-14-18(19-5-7-23(32-3)22(28)15-19)4-6-21(20)25(27)29-26(31)33-24-16-30-12-9-17(24)10-13-30/h4-7,14-15,17,24-25H,8-13,16H2,1-3H3,(H,29,31)/t24-,25?/m1/s1. The summed E-state index contributed by atoms with van der Waals surface area (Å²) in [6.45, 7) is 7.60. The van der Waals surface area contributed by atoms with E-state index in [1.807, 2.05) is 18.2 Å². The number of piperidine rings is 3. The number of aryl methyl sites for hydroxylation is 1. The first-order valence-electron chi connectivity index (χ1n) is 12.0. The van der Waals surface area contributed by atoms with E-state index in [0.29, 0.717) is 16.7 Å². The molecule has 1 amide bonds. The molecule has 3 aliphatic heterocycles. The van der Waals surface area contributed by atoms with Crippen LogP contribution in [0.25, 0.3) is 11.1 Å². The first-order chi connectivity index (χ1) is 15.8. The zero-order chi connectivity index (χ0) is 23.2. The monoisotopic (exact) mass is 468 g/mol. The Morgan fingerprint density at radius 3 is 2.52 bits per heavy atom. The van der Waals surface area contributed by atoms with Crippen LogP contribution < -0.4 is 10.1 Å². The van der Waals surface area contributed by atoms with Crippen LogP contribution in [0.15, 0.2) is 36.4 Å². The van der Waals surface area contributed by atoms with Crippen LogP contribution in [0.4, 0.5) is 4.79 Å². The average molecular weight is 469 g/mol. The SMILES string of the molecule is COc1ccc(-c2ccc3c(c2)CCC(C)(C)C3NC(=O)O[C@@H]2CN3CCC2CC3)cc1Cl. The highest BCUT2D eigenvalue weighted by Crippen LogP contribution is 2.45. The number of hydrogen-bond donors (Lipinski definition) is 1. The normalized spacial score (nSPS) is 27.5. The van der Waals surface area contributed by atoms with Crippen molar-refractivity contribution in [3.8, 4) is 16.9 Å². The molecule has 5 nitrogen and oxygen atoms in total. The minimum Gasteiger partial charge on any atom is -0.495 e. The Balaban J connectivity index is 1.35. The van der Waals surface area contributed by atoms with Gasteiger partial charge in [0, 0.05) is 6.54 Å². The summed E-state index contributed by atoms with van der Waals surface area (Å²) >= 11 is 6.35. The van der Waals surface area contributed by atoms with E-state index in [2.05, 4.69) is 42.3 Å². The highest BCUT2D eigenvalue weighted by atomic mass is 35.5. The molecule has 1 N–H and O–H groups in total. The Bertz CT molecular complexity index is 1050. The molecule has 4 aliphatic rings. The maximum Gasteiger partial charge on any atom is 0.407 e. The Morgan fingerprint density at radius 1 is 1.12 bits per heavy atom. The first-order valence-corrected chi connectivity index (χ1v) is 12.4. The quantitative estimate of drug-likeness (QED) is 0.611. The lowest BCUT2D eigenvalue weighted by molar-refractivity contribution is -0.0353. The number of nitrogens with one attached hydrogen (secondary N) is 1. The van der Waals surface area contributed by atoms with Crippen molar-refractivity contribution in [2.45, 2.75) is 51.7 Å². The molecule has 3 saturated heterocycles. The second-order valence-corrected chi connectivity index (χ2v) is 10.8. The first kappa shape index (κ1) is 22.5. The summed E-state index contributed by atoms with van der Waals surface area (Å²) in [7, 11) is 1.62. The molecule has 2 aromatic rings. The number of carbonyl (C=O) groups is 1. The van der Waals surface area contributed by atoms with Crippen LogP contribution in [0.1, 0.15) is 50.3 Å². The van der Waals surface area contributed by atoms with Crippen LogP contribution in [0, 0.1) is 11.3 Å². The molecule has 0 spiro atoms. The van der Waals surface area contributed by atoms with Crippen LogP contribution >= 0.6 is 11.6 Å². The molecule has 2 atom stereocenters. The number of ether oxygens (including phenoxy) is 2. The van der Waals surface area contributed by atoms with Gasteiger partial charge in [-0.25, -0.2) is 4.79 Å². The molecule has 3 fully saturated rings. The third-order valence-corrected chi connectivity index (χ3v) is 8.17. The molecule has 2 aromatic carbocycles. The molecule has 0 radical (unpaired) electrons. The van der Waals surface area contributed by atoms with Crippen LogP contribution in [0.3, 0.4) is 0 Å². The molecule has 2 bridgehead atoms. The van der Waals surface area contributed by atoms with Crippen LogP contribution in [-0.2, 0) is 11.2 Å². The second-order valence-electron chi connectivity index (χ2n) is 10.4. The molecule has 0 aromatic heterocycles. The van der Waals surface area contributed by atoms with Crippen LogP contribution in [0.5, 0.6) is 5.75 Å². The summed E-state index contributed by atoms with van der Waals surface area (Å²) in [4.78, 5) is 15.4. The van der Waals surface area contributed by atoms with Gasteiger partial charge >= 0.3 is 6.09 Å². The van der Waals surface area contributed by atoms with Gasteiger partial charge in [0.05, 0.1) is 18.2 Å². The number of carbonyl (C=O) groups excluding carboxylic acids is 1. The molecular weight excluding hydrogens is 436 g/mol. The smallest absolute Gasteiger partial charge is 0.407 e. The highest BCUT2D eigenvalue weighted by molar-refractivity contribution is 6.32.